The van der Waals surface area contributed by atoms with E-state index in [1.807, 2.05) is 12.1 Å². The Labute approximate surface area is 110 Å². The molecule has 0 saturated heterocycles. The van der Waals surface area contributed by atoms with Crippen LogP contribution >= 0.6 is 11.6 Å². The largest absolute Gasteiger partial charge is 0.382 e. The van der Waals surface area contributed by atoms with Crippen LogP contribution in [0.1, 0.15) is 44.6 Å². The molecule has 1 aliphatic carbocycles. The molecule has 1 fully saturated rings. The fourth-order valence-corrected chi connectivity index (χ4v) is 3.02. The van der Waals surface area contributed by atoms with E-state index in [0.29, 0.717) is 6.04 Å². The Bertz CT molecular complexity index is 375. The third kappa shape index (κ3) is 2.95. The lowest BCUT2D eigenvalue weighted by Gasteiger charge is -2.32. The van der Waals surface area contributed by atoms with Crippen molar-refractivity contribution in [2.75, 3.05) is 5.32 Å². The van der Waals surface area contributed by atoms with Crippen molar-refractivity contribution < 1.29 is 0 Å². The first kappa shape index (κ1) is 12.8. The average molecular weight is 252 g/mol. The van der Waals surface area contributed by atoms with E-state index in [4.69, 9.17) is 11.6 Å². The Morgan fingerprint density at radius 3 is 2.82 bits per heavy atom. The monoisotopic (exact) mass is 251 g/mol. The Balaban J connectivity index is 2.11. The van der Waals surface area contributed by atoms with Crippen LogP contribution in [0.25, 0.3) is 0 Å². The molecule has 0 aliphatic heterocycles. The van der Waals surface area contributed by atoms with Gasteiger partial charge in [-0.1, -0.05) is 43.9 Å². The van der Waals surface area contributed by atoms with E-state index in [9.17, 15) is 0 Å². The van der Waals surface area contributed by atoms with Gasteiger partial charge in [0.2, 0.25) is 0 Å². The van der Waals surface area contributed by atoms with Crippen molar-refractivity contribution in [1.29, 1.82) is 0 Å². The van der Waals surface area contributed by atoms with Gasteiger partial charge < -0.3 is 5.32 Å². The highest BCUT2D eigenvalue weighted by Gasteiger charge is 2.23. The fraction of sp³-hybridized carbons (Fsp3) is 0.600. The van der Waals surface area contributed by atoms with Gasteiger partial charge in [-0.15, -0.1) is 0 Å². The van der Waals surface area contributed by atoms with Gasteiger partial charge in [0, 0.05) is 16.8 Å². The lowest BCUT2D eigenvalue weighted by Crippen LogP contribution is -2.32. The molecular weight excluding hydrogens is 230 g/mol. The predicted octanol–water partition coefficient (Wildman–Crippen LogP) is 5.03. The van der Waals surface area contributed by atoms with Crippen molar-refractivity contribution in [3.63, 3.8) is 0 Å². The van der Waals surface area contributed by atoms with Crippen molar-refractivity contribution >= 4 is 17.3 Å². The second-order valence-corrected chi connectivity index (χ2v) is 5.52. The molecule has 0 bridgehead atoms. The van der Waals surface area contributed by atoms with Gasteiger partial charge in [0.05, 0.1) is 0 Å². The Morgan fingerprint density at radius 2 is 2.06 bits per heavy atom. The highest BCUT2D eigenvalue weighted by atomic mass is 35.5. The quantitative estimate of drug-likeness (QED) is 0.795. The number of nitrogens with one attached hydrogen (secondary N) is 1. The van der Waals surface area contributed by atoms with E-state index in [2.05, 4.69) is 25.2 Å². The van der Waals surface area contributed by atoms with Crippen molar-refractivity contribution in [3.05, 3.63) is 28.8 Å². The van der Waals surface area contributed by atoms with E-state index in [-0.39, 0.29) is 0 Å². The molecule has 1 saturated carbocycles. The summed E-state index contributed by atoms with van der Waals surface area (Å²) < 4.78 is 0. The summed E-state index contributed by atoms with van der Waals surface area (Å²) in [7, 11) is 0. The summed E-state index contributed by atoms with van der Waals surface area (Å²) in [6.07, 6.45) is 6.69. The van der Waals surface area contributed by atoms with Crippen LogP contribution in [0.15, 0.2) is 18.2 Å². The first-order valence-corrected chi connectivity index (χ1v) is 7.11. The van der Waals surface area contributed by atoms with Crippen LogP contribution in [-0.2, 0) is 0 Å². The molecule has 0 heterocycles. The van der Waals surface area contributed by atoms with Gasteiger partial charge in [0.25, 0.3) is 0 Å². The van der Waals surface area contributed by atoms with Crippen LogP contribution in [-0.4, -0.2) is 6.04 Å². The minimum Gasteiger partial charge on any atom is -0.382 e. The van der Waals surface area contributed by atoms with Gasteiger partial charge in [0.1, 0.15) is 0 Å². The third-order valence-corrected chi connectivity index (χ3v) is 4.45. The second-order valence-electron chi connectivity index (χ2n) is 5.12. The van der Waals surface area contributed by atoms with Gasteiger partial charge in [0.15, 0.2) is 0 Å². The molecule has 17 heavy (non-hydrogen) atoms. The maximum Gasteiger partial charge on any atom is 0.0455 e. The zero-order valence-electron chi connectivity index (χ0n) is 10.8. The van der Waals surface area contributed by atoms with Crippen LogP contribution < -0.4 is 5.32 Å². The van der Waals surface area contributed by atoms with Crippen LogP contribution in [0.5, 0.6) is 0 Å². The van der Waals surface area contributed by atoms with Crippen LogP contribution in [0.2, 0.25) is 5.02 Å². The fourth-order valence-electron chi connectivity index (χ4n) is 2.85. The smallest absolute Gasteiger partial charge is 0.0455 e. The number of rotatable bonds is 3. The van der Waals surface area contributed by atoms with Gasteiger partial charge in [-0.3, -0.25) is 0 Å². The molecule has 1 aliphatic rings. The van der Waals surface area contributed by atoms with E-state index in [1.165, 1.54) is 43.4 Å². The molecule has 2 heteroatoms. The average Bonchev–Trinajstić information content (AvgIpc) is 2.35. The summed E-state index contributed by atoms with van der Waals surface area (Å²) in [5.74, 6) is 0.821. The zero-order valence-corrected chi connectivity index (χ0v) is 11.6. The number of hydrogen-bond acceptors (Lipinski definition) is 1. The van der Waals surface area contributed by atoms with E-state index in [1.54, 1.807) is 0 Å². The molecule has 0 aromatic heterocycles. The normalized spacial score (nSPS) is 24.6. The summed E-state index contributed by atoms with van der Waals surface area (Å²) in [6, 6.07) is 6.76. The van der Waals surface area contributed by atoms with Gasteiger partial charge in [-0.2, -0.15) is 0 Å². The number of anilines is 1. The van der Waals surface area contributed by atoms with Crippen molar-refractivity contribution in [3.8, 4) is 0 Å². The Morgan fingerprint density at radius 1 is 1.29 bits per heavy atom. The van der Waals surface area contributed by atoms with Crippen LogP contribution in [0.4, 0.5) is 5.69 Å². The summed E-state index contributed by atoms with van der Waals surface area (Å²) in [6.45, 7) is 4.39. The van der Waals surface area contributed by atoms with E-state index in [0.717, 1.165) is 10.9 Å². The molecule has 1 N–H and O–H groups in total. The molecule has 1 aromatic rings. The molecule has 1 nitrogen and oxygen atoms in total. The standard InChI is InChI=1S/C15H22ClN/c1-3-12-7-4-5-9-15(12)17-14-10-6-8-13(16)11(14)2/h6,8,10,12,15,17H,3-5,7,9H2,1-2H3. The molecule has 2 unspecified atom stereocenters. The Kier molecular flexibility index (Phi) is 4.33. The number of halogens is 1. The summed E-state index contributed by atoms with van der Waals surface area (Å²) in [4.78, 5) is 0. The van der Waals surface area contributed by atoms with Gasteiger partial charge >= 0.3 is 0 Å². The molecule has 94 valence electrons. The summed E-state index contributed by atoms with van der Waals surface area (Å²) >= 11 is 6.16. The lowest BCUT2D eigenvalue weighted by atomic mass is 9.82. The minimum atomic E-state index is 0.630. The maximum absolute atomic E-state index is 6.16. The molecule has 0 radical (unpaired) electrons. The van der Waals surface area contributed by atoms with Gasteiger partial charge in [-0.25, -0.2) is 0 Å². The van der Waals surface area contributed by atoms with Crippen LogP contribution in [0.3, 0.4) is 0 Å². The molecule has 2 atom stereocenters. The van der Waals surface area contributed by atoms with Crippen molar-refractivity contribution in [2.45, 2.75) is 52.0 Å². The van der Waals surface area contributed by atoms with E-state index >= 15 is 0 Å². The van der Waals surface area contributed by atoms with E-state index < -0.39 is 0 Å². The summed E-state index contributed by atoms with van der Waals surface area (Å²) in [5.41, 5.74) is 2.39. The molecule has 0 amide bonds. The van der Waals surface area contributed by atoms with Crippen molar-refractivity contribution in [2.24, 2.45) is 5.92 Å². The molecule has 1 aromatic carbocycles. The number of hydrogen-bond donors (Lipinski definition) is 1. The SMILES string of the molecule is CCC1CCCCC1Nc1cccc(Cl)c1C. The third-order valence-electron chi connectivity index (χ3n) is 4.04. The maximum atomic E-state index is 6.16. The predicted molar refractivity (Wildman–Crippen MR) is 75.8 cm³/mol. The Hall–Kier alpha value is -0.690. The minimum absolute atomic E-state index is 0.630. The van der Waals surface area contributed by atoms with Crippen LogP contribution in [0, 0.1) is 12.8 Å². The molecule has 2 rings (SSSR count). The van der Waals surface area contributed by atoms with Gasteiger partial charge in [-0.05, 0) is 43.4 Å². The van der Waals surface area contributed by atoms with Crippen molar-refractivity contribution in [1.82, 2.24) is 0 Å². The topological polar surface area (TPSA) is 12.0 Å². The summed E-state index contributed by atoms with van der Waals surface area (Å²) in [5, 5.41) is 4.57. The lowest BCUT2D eigenvalue weighted by molar-refractivity contribution is 0.317. The molecular formula is C15H22ClN. The molecule has 0 spiro atoms. The first-order chi connectivity index (χ1) is 8.22. The highest BCUT2D eigenvalue weighted by molar-refractivity contribution is 6.31. The highest BCUT2D eigenvalue weighted by Crippen LogP contribution is 2.31. The second kappa shape index (κ2) is 5.77. The first-order valence-electron chi connectivity index (χ1n) is 6.74. The zero-order chi connectivity index (χ0) is 12.3. The number of benzene rings is 1.